The van der Waals surface area contributed by atoms with Gasteiger partial charge in [-0.1, -0.05) is 23.7 Å². The molecule has 0 saturated carbocycles. The molecule has 7 heteroatoms. The molecule has 5 nitrogen and oxygen atoms in total. The van der Waals surface area contributed by atoms with E-state index >= 15 is 0 Å². The first-order valence-corrected chi connectivity index (χ1v) is 10.6. The number of nitrogens with zero attached hydrogens (tertiary/aromatic N) is 3. The summed E-state index contributed by atoms with van der Waals surface area (Å²) in [5, 5.41) is 8.78. The third-order valence-corrected chi connectivity index (χ3v) is 6.13. The molecule has 1 N–H and O–H groups in total. The van der Waals surface area contributed by atoms with Crippen molar-refractivity contribution in [2.45, 2.75) is 13.0 Å². The van der Waals surface area contributed by atoms with Crippen LogP contribution >= 0.6 is 34.2 Å². The fourth-order valence-electron chi connectivity index (χ4n) is 3.45. The monoisotopic (exact) mass is 518 g/mol. The highest BCUT2D eigenvalue weighted by Crippen LogP contribution is 2.32. The fourth-order valence-corrected chi connectivity index (χ4v) is 4.08. The molecule has 0 spiro atoms. The van der Waals surface area contributed by atoms with Crippen LogP contribution in [-0.4, -0.2) is 20.3 Å². The molecular formula is C22H20ClIN4O. The van der Waals surface area contributed by atoms with Crippen molar-refractivity contribution in [2.75, 3.05) is 0 Å². The lowest BCUT2D eigenvalue weighted by Gasteiger charge is -2.15. The summed E-state index contributed by atoms with van der Waals surface area (Å²) in [4.78, 5) is 13.0. The average Bonchev–Trinajstić information content (AvgIpc) is 3.26. The number of aryl methyl sites for hydroxylation is 2. The van der Waals surface area contributed by atoms with Gasteiger partial charge in [-0.3, -0.25) is 9.48 Å². The molecule has 1 amide bonds. The largest absolute Gasteiger partial charge is 0.344 e. The number of amides is 1. The Bertz CT molecular complexity index is 1210. The molecule has 29 heavy (non-hydrogen) atoms. The number of carbonyl (C=O) groups excluding carboxylic acids is 1. The molecule has 0 unspecified atom stereocenters. The Kier molecular flexibility index (Phi) is 5.40. The van der Waals surface area contributed by atoms with E-state index in [2.05, 4.69) is 33.0 Å². The molecule has 0 aliphatic rings. The number of carbonyl (C=O) groups is 1. The minimum atomic E-state index is -0.131. The van der Waals surface area contributed by atoms with Crippen LogP contribution in [0.25, 0.3) is 22.0 Å². The van der Waals surface area contributed by atoms with Gasteiger partial charge in [0.05, 0.1) is 22.8 Å². The quantitative estimate of drug-likeness (QED) is 0.372. The Morgan fingerprint density at radius 3 is 2.52 bits per heavy atom. The van der Waals surface area contributed by atoms with Gasteiger partial charge in [0.15, 0.2) is 0 Å². The van der Waals surface area contributed by atoms with Crippen LogP contribution in [0, 0.1) is 3.57 Å². The van der Waals surface area contributed by atoms with Gasteiger partial charge in [0.2, 0.25) is 0 Å². The molecule has 4 aromatic rings. The van der Waals surface area contributed by atoms with Crippen LogP contribution in [0.3, 0.4) is 0 Å². The molecule has 0 fully saturated rings. The second-order valence-corrected chi connectivity index (χ2v) is 8.78. The number of fused-ring (bicyclic) bond motifs is 1. The molecule has 0 aliphatic heterocycles. The van der Waals surface area contributed by atoms with Gasteiger partial charge in [-0.2, -0.15) is 5.10 Å². The van der Waals surface area contributed by atoms with Gasteiger partial charge in [0.1, 0.15) is 5.69 Å². The standard InChI is InChI=1S/C22H20ClIN4O/c1-13(14-4-6-17(24)7-5-14)26-22(29)21-10-18-19(23)8-15(9-20(18)28(21)3)16-11-25-27(2)12-16/h4-13H,1-3H3,(H,26,29)/t13-/m1/s1. The van der Waals surface area contributed by atoms with E-state index in [0.29, 0.717) is 10.7 Å². The third-order valence-electron chi connectivity index (χ3n) is 5.10. The third kappa shape index (κ3) is 3.91. The normalized spacial score (nSPS) is 12.3. The number of hydrogen-bond donors (Lipinski definition) is 1. The first kappa shape index (κ1) is 20.0. The second-order valence-electron chi connectivity index (χ2n) is 7.13. The molecule has 4 rings (SSSR count). The Morgan fingerprint density at radius 2 is 1.86 bits per heavy atom. The first-order chi connectivity index (χ1) is 13.8. The van der Waals surface area contributed by atoms with E-state index in [4.69, 9.17) is 11.6 Å². The van der Waals surface area contributed by atoms with Gasteiger partial charge in [-0.15, -0.1) is 0 Å². The molecule has 2 aromatic heterocycles. The summed E-state index contributed by atoms with van der Waals surface area (Å²) in [5.41, 5.74) is 4.49. The van der Waals surface area contributed by atoms with E-state index in [9.17, 15) is 4.79 Å². The van der Waals surface area contributed by atoms with Crippen molar-refractivity contribution in [2.24, 2.45) is 14.1 Å². The van der Waals surface area contributed by atoms with Gasteiger partial charge >= 0.3 is 0 Å². The lowest BCUT2D eigenvalue weighted by Crippen LogP contribution is -2.28. The van der Waals surface area contributed by atoms with Crippen molar-refractivity contribution >= 4 is 51.0 Å². The van der Waals surface area contributed by atoms with E-state index < -0.39 is 0 Å². The van der Waals surface area contributed by atoms with Gasteiger partial charge in [0.25, 0.3) is 5.91 Å². The van der Waals surface area contributed by atoms with Crippen LogP contribution < -0.4 is 5.32 Å². The lowest BCUT2D eigenvalue weighted by molar-refractivity contribution is 0.0932. The van der Waals surface area contributed by atoms with Gasteiger partial charge in [-0.25, -0.2) is 0 Å². The number of rotatable bonds is 4. The average molecular weight is 519 g/mol. The maximum atomic E-state index is 13.0. The predicted octanol–water partition coefficient (Wildman–Crippen LogP) is 5.33. The van der Waals surface area contributed by atoms with Crippen molar-refractivity contribution in [1.29, 1.82) is 0 Å². The summed E-state index contributed by atoms with van der Waals surface area (Å²) >= 11 is 8.82. The predicted molar refractivity (Wildman–Crippen MR) is 125 cm³/mol. The lowest BCUT2D eigenvalue weighted by atomic mass is 10.1. The molecular weight excluding hydrogens is 499 g/mol. The van der Waals surface area contributed by atoms with Crippen molar-refractivity contribution < 1.29 is 4.79 Å². The van der Waals surface area contributed by atoms with Crippen LogP contribution in [-0.2, 0) is 14.1 Å². The summed E-state index contributed by atoms with van der Waals surface area (Å²) < 4.78 is 4.80. The van der Waals surface area contributed by atoms with Crippen LogP contribution in [0.5, 0.6) is 0 Å². The molecule has 2 aromatic carbocycles. The maximum Gasteiger partial charge on any atom is 0.268 e. The topological polar surface area (TPSA) is 51.9 Å². The zero-order valence-corrected chi connectivity index (χ0v) is 19.2. The fraction of sp³-hybridized carbons (Fsp3) is 0.182. The summed E-state index contributed by atoms with van der Waals surface area (Å²) in [6, 6.07) is 13.8. The summed E-state index contributed by atoms with van der Waals surface area (Å²) in [5.74, 6) is -0.131. The van der Waals surface area contributed by atoms with Crippen molar-refractivity contribution in [3.63, 3.8) is 0 Å². The Hall–Kier alpha value is -2.32. The minimum Gasteiger partial charge on any atom is -0.344 e. The number of halogens is 2. The Labute approximate surface area is 187 Å². The van der Waals surface area contributed by atoms with Crippen LogP contribution in [0.4, 0.5) is 0 Å². The van der Waals surface area contributed by atoms with Gasteiger partial charge in [0, 0.05) is 34.8 Å². The number of hydrogen-bond acceptors (Lipinski definition) is 2. The molecule has 0 saturated heterocycles. The van der Waals surface area contributed by atoms with Crippen molar-refractivity contribution in [3.8, 4) is 11.1 Å². The molecule has 148 valence electrons. The van der Waals surface area contributed by atoms with Crippen LogP contribution in [0.15, 0.2) is 54.9 Å². The Morgan fingerprint density at radius 1 is 1.14 bits per heavy atom. The highest BCUT2D eigenvalue weighted by atomic mass is 127. The minimum absolute atomic E-state index is 0.0982. The summed E-state index contributed by atoms with van der Waals surface area (Å²) in [6.45, 7) is 1.98. The highest BCUT2D eigenvalue weighted by molar-refractivity contribution is 14.1. The van der Waals surface area contributed by atoms with Crippen LogP contribution in [0.1, 0.15) is 29.0 Å². The van der Waals surface area contributed by atoms with Crippen LogP contribution in [0.2, 0.25) is 5.02 Å². The smallest absolute Gasteiger partial charge is 0.268 e. The summed E-state index contributed by atoms with van der Waals surface area (Å²) in [6.07, 6.45) is 3.74. The van der Waals surface area contributed by atoms with E-state index in [1.807, 2.05) is 74.2 Å². The molecule has 1 atom stereocenters. The maximum absolute atomic E-state index is 13.0. The van der Waals surface area contributed by atoms with Crippen molar-refractivity contribution in [1.82, 2.24) is 19.7 Å². The SMILES string of the molecule is C[C@@H](NC(=O)c1cc2c(Cl)cc(-c3cnn(C)c3)cc2n1C)c1ccc(I)cc1. The number of benzene rings is 2. The van der Waals surface area contributed by atoms with Crippen molar-refractivity contribution in [3.05, 3.63) is 74.7 Å². The molecule has 0 bridgehead atoms. The molecule has 2 heterocycles. The highest BCUT2D eigenvalue weighted by Gasteiger charge is 2.18. The summed E-state index contributed by atoms with van der Waals surface area (Å²) in [7, 11) is 3.76. The second kappa shape index (κ2) is 7.84. The van der Waals surface area contributed by atoms with E-state index in [0.717, 1.165) is 31.2 Å². The number of nitrogens with one attached hydrogen (secondary N) is 1. The molecule has 0 aliphatic carbocycles. The van der Waals surface area contributed by atoms with E-state index in [1.165, 1.54) is 0 Å². The molecule has 0 radical (unpaired) electrons. The zero-order chi connectivity index (χ0) is 20.7. The Balaban J connectivity index is 1.67. The van der Waals surface area contributed by atoms with E-state index in [1.54, 1.807) is 10.9 Å². The zero-order valence-electron chi connectivity index (χ0n) is 16.3. The van der Waals surface area contributed by atoms with Gasteiger partial charge < -0.3 is 9.88 Å². The van der Waals surface area contributed by atoms with E-state index in [-0.39, 0.29) is 11.9 Å². The first-order valence-electron chi connectivity index (χ1n) is 9.18. The number of aromatic nitrogens is 3. The van der Waals surface area contributed by atoms with Gasteiger partial charge in [-0.05, 0) is 71.0 Å².